The third-order valence-corrected chi connectivity index (χ3v) is 5.04. The molecule has 0 N–H and O–H groups in total. The third-order valence-electron chi connectivity index (χ3n) is 3.74. The van der Waals surface area contributed by atoms with Crippen LogP contribution in [0.25, 0.3) is 0 Å². The average Bonchev–Trinajstić information content (AvgIpc) is 2.93. The molecule has 122 valence electrons. The van der Waals surface area contributed by atoms with Crippen LogP contribution in [0, 0.1) is 0 Å². The van der Waals surface area contributed by atoms with E-state index in [-0.39, 0.29) is 5.75 Å². The molecule has 23 heavy (non-hydrogen) atoms. The van der Waals surface area contributed by atoms with Gasteiger partial charge in [0.05, 0.1) is 5.56 Å². The summed E-state index contributed by atoms with van der Waals surface area (Å²) in [6, 6.07) is 8.78. The maximum Gasteiger partial charge on any atom is 0.417 e. The van der Waals surface area contributed by atoms with E-state index in [1.54, 1.807) is 12.1 Å². The van der Waals surface area contributed by atoms with Gasteiger partial charge in [-0.3, -0.25) is 0 Å². The highest BCUT2D eigenvalue weighted by Crippen LogP contribution is 2.35. The summed E-state index contributed by atoms with van der Waals surface area (Å²) in [5.74, 6) is 0.0302. The molecule has 0 amide bonds. The zero-order valence-corrected chi connectivity index (χ0v) is 12.7. The lowest BCUT2D eigenvalue weighted by molar-refractivity contribution is -0.139. The molecule has 1 aliphatic carbocycles. The molecule has 1 aliphatic rings. The van der Waals surface area contributed by atoms with E-state index in [0.717, 1.165) is 48.6 Å². The van der Waals surface area contributed by atoms with Gasteiger partial charge in [0.25, 0.3) is 0 Å². The Hall–Kier alpha value is -2.02. The SMILES string of the molecule is O=S(=O)(Oc1ccc2c(c1)CCC2)c1ccccc1C(F)(F)F. The first kappa shape index (κ1) is 15.9. The van der Waals surface area contributed by atoms with E-state index in [9.17, 15) is 21.6 Å². The largest absolute Gasteiger partial charge is 0.417 e. The summed E-state index contributed by atoms with van der Waals surface area (Å²) in [5, 5.41) is 0. The summed E-state index contributed by atoms with van der Waals surface area (Å²) in [6.45, 7) is 0. The van der Waals surface area contributed by atoms with Gasteiger partial charge in [-0.1, -0.05) is 18.2 Å². The first-order chi connectivity index (χ1) is 10.8. The van der Waals surface area contributed by atoms with Crippen LogP contribution in [0.5, 0.6) is 5.75 Å². The monoisotopic (exact) mass is 342 g/mol. The van der Waals surface area contributed by atoms with Gasteiger partial charge in [-0.25, -0.2) is 0 Å². The van der Waals surface area contributed by atoms with E-state index in [1.807, 2.05) is 0 Å². The van der Waals surface area contributed by atoms with Gasteiger partial charge in [0, 0.05) is 0 Å². The standard InChI is InChI=1S/C16H13F3O3S/c17-16(18,19)14-6-1-2-7-15(14)23(20,21)22-13-9-8-11-4-3-5-12(11)10-13/h1-2,6-10H,3-5H2. The van der Waals surface area contributed by atoms with Crippen molar-refractivity contribution >= 4 is 10.1 Å². The van der Waals surface area contributed by atoms with Gasteiger partial charge in [0.1, 0.15) is 10.6 Å². The van der Waals surface area contributed by atoms with Gasteiger partial charge in [0.2, 0.25) is 0 Å². The molecule has 0 bridgehead atoms. The molecular weight excluding hydrogens is 329 g/mol. The minimum absolute atomic E-state index is 0.0302. The van der Waals surface area contributed by atoms with Crippen LogP contribution < -0.4 is 4.18 Å². The lowest BCUT2D eigenvalue weighted by atomic mass is 10.1. The normalized spacial score (nSPS) is 14.6. The number of rotatable bonds is 3. The van der Waals surface area contributed by atoms with Crippen molar-refractivity contribution in [1.82, 2.24) is 0 Å². The Morgan fingerprint density at radius 2 is 1.65 bits per heavy atom. The van der Waals surface area contributed by atoms with Gasteiger partial charge < -0.3 is 4.18 Å². The highest BCUT2D eigenvalue weighted by molar-refractivity contribution is 7.87. The predicted molar refractivity (Wildman–Crippen MR) is 77.7 cm³/mol. The number of aryl methyl sites for hydroxylation is 2. The lowest BCUT2D eigenvalue weighted by Gasteiger charge is -2.14. The van der Waals surface area contributed by atoms with Crippen molar-refractivity contribution in [3.05, 3.63) is 59.2 Å². The molecule has 0 heterocycles. The van der Waals surface area contributed by atoms with Crippen molar-refractivity contribution in [1.29, 1.82) is 0 Å². The number of benzene rings is 2. The fourth-order valence-electron chi connectivity index (χ4n) is 2.69. The second-order valence-electron chi connectivity index (χ2n) is 5.32. The molecule has 3 nitrogen and oxygen atoms in total. The van der Waals surface area contributed by atoms with Crippen LogP contribution in [0.4, 0.5) is 13.2 Å². The molecule has 0 saturated heterocycles. The summed E-state index contributed by atoms with van der Waals surface area (Å²) >= 11 is 0. The topological polar surface area (TPSA) is 43.4 Å². The van der Waals surface area contributed by atoms with Gasteiger partial charge in [-0.2, -0.15) is 21.6 Å². The van der Waals surface area contributed by atoms with Crippen LogP contribution in [0.15, 0.2) is 47.4 Å². The third kappa shape index (κ3) is 3.19. The number of halogens is 3. The molecular formula is C16H13F3O3S. The van der Waals surface area contributed by atoms with Crippen LogP contribution in [0.1, 0.15) is 23.1 Å². The zero-order chi connectivity index (χ0) is 16.7. The molecule has 2 aromatic rings. The molecule has 0 unspecified atom stereocenters. The summed E-state index contributed by atoms with van der Waals surface area (Å²) in [7, 11) is -4.56. The molecule has 0 fully saturated rings. The van der Waals surface area contributed by atoms with Crippen molar-refractivity contribution in [2.75, 3.05) is 0 Å². The van der Waals surface area contributed by atoms with Crippen molar-refractivity contribution < 1.29 is 25.8 Å². The maximum absolute atomic E-state index is 13.0. The molecule has 0 spiro atoms. The van der Waals surface area contributed by atoms with Crippen molar-refractivity contribution in [2.24, 2.45) is 0 Å². The average molecular weight is 342 g/mol. The lowest BCUT2D eigenvalue weighted by Crippen LogP contribution is -2.17. The van der Waals surface area contributed by atoms with Crippen LogP contribution >= 0.6 is 0 Å². The minimum atomic E-state index is -4.77. The summed E-state index contributed by atoms with van der Waals surface area (Å²) in [4.78, 5) is -0.881. The van der Waals surface area contributed by atoms with E-state index in [4.69, 9.17) is 4.18 Å². The Kier molecular flexibility index (Phi) is 3.83. The Morgan fingerprint density at radius 1 is 0.957 bits per heavy atom. The number of hydrogen-bond acceptors (Lipinski definition) is 3. The highest BCUT2D eigenvalue weighted by Gasteiger charge is 2.37. The summed E-state index contributed by atoms with van der Waals surface area (Å²) in [5.41, 5.74) is 0.855. The van der Waals surface area contributed by atoms with Crippen molar-refractivity contribution in [2.45, 2.75) is 30.3 Å². The first-order valence-corrected chi connectivity index (χ1v) is 8.41. The Bertz CT molecular complexity index is 842. The zero-order valence-electron chi connectivity index (χ0n) is 11.9. The van der Waals surface area contributed by atoms with Gasteiger partial charge in [0.15, 0.2) is 0 Å². The first-order valence-electron chi connectivity index (χ1n) is 7.00. The quantitative estimate of drug-likeness (QED) is 0.793. The van der Waals surface area contributed by atoms with E-state index in [2.05, 4.69) is 0 Å². The predicted octanol–water partition coefficient (Wildman–Crippen LogP) is 3.96. The Labute approximate surface area is 131 Å². The molecule has 0 atom stereocenters. The van der Waals surface area contributed by atoms with Crippen LogP contribution in [-0.4, -0.2) is 8.42 Å². The van der Waals surface area contributed by atoms with Gasteiger partial charge in [-0.05, 0) is 54.7 Å². The van der Waals surface area contributed by atoms with E-state index < -0.39 is 26.8 Å². The molecule has 2 aromatic carbocycles. The van der Waals surface area contributed by atoms with E-state index >= 15 is 0 Å². The molecule has 0 aliphatic heterocycles. The molecule has 0 saturated carbocycles. The van der Waals surface area contributed by atoms with E-state index in [0.29, 0.717) is 0 Å². The number of hydrogen-bond donors (Lipinski definition) is 0. The van der Waals surface area contributed by atoms with Gasteiger partial charge >= 0.3 is 16.3 Å². The second-order valence-corrected chi connectivity index (χ2v) is 6.83. The fraction of sp³-hybridized carbons (Fsp3) is 0.250. The minimum Gasteiger partial charge on any atom is -0.379 e. The van der Waals surface area contributed by atoms with Crippen molar-refractivity contribution in [3.63, 3.8) is 0 Å². The van der Waals surface area contributed by atoms with Crippen LogP contribution in [-0.2, 0) is 29.1 Å². The van der Waals surface area contributed by atoms with Crippen LogP contribution in [0.3, 0.4) is 0 Å². The molecule has 0 radical (unpaired) electrons. The molecule has 0 aromatic heterocycles. The number of fused-ring (bicyclic) bond motifs is 1. The molecule has 3 rings (SSSR count). The Morgan fingerprint density at radius 3 is 2.39 bits per heavy atom. The Balaban J connectivity index is 1.97. The molecule has 7 heteroatoms. The van der Waals surface area contributed by atoms with Gasteiger partial charge in [-0.15, -0.1) is 0 Å². The number of alkyl halides is 3. The summed E-state index contributed by atoms with van der Waals surface area (Å²) < 4.78 is 68.3. The second kappa shape index (κ2) is 5.56. The fourth-order valence-corrected chi connectivity index (χ4v) is 3.84. The highest BCUT2D eigenvalue weighted by atomic mass is 32.2. The van der Waals surface area contributed by atoms with Crippen molar-refractivity contribution in [3.8, 4) is 5.75 Å². The summed E-state index contributed by atoms with van der Waals surface area (Å²) in [6.07, 6.45) is -2.07. The van der Waals surface area contributed by atoms with Crippen LogP contribution in [0.2, 0.25) is 0 Å². The van der Waals surface area contributed by atoms with E-state index in [1.165, 1.54) is 12.1 Å². The maximum atomic E-state index is 13.0. The smallest absolute Gasteiger partial charge is 0.379 e.